The van der Waals surface area contributed by atoms with E-state index in [1.165, 1.54) is 11.3 Å². The van der Waals surface area contributed by atoms with Gasteiger partial charge in [0.2, 0.25) is 0 Å². The van der Waals surface area contributed by atoms with E-state index in [-0.39, 0.29) is 6.09 Å². The molecule has 0 N–H and O–H groups in total. The molecule has 0 radical (unpaired) electrons. The van der Waals surface area contributed by atoms with Gasteiger partial charge < -0.3 is 14.5 Å². The Balaban J connectivity index is 1.85. The van der Waals surface area contributed by atoms with E-state index in [9.17, 15) is 4.79 Å². The lowest BCUT2D eigenvalue weighted by Gasteiger charge is -2.28. The van der Waals surface area contributed by atoms with Crippen LogP contribution in [0.4, 0.5) is 10.5 Å². The van der Waals surface area contributed by atoms with Crippen LogP contribution in [0.25, 0.3) is 0 Å². The summed E-state index contributed by atoms with van der Waals surface area (Å²) in [4.78, 5) is 18.2. The van der Waals surface area contributed by atoms with Crippen molar-refractivity contribution in [3.8, 4) is 5.75 Å². The average Bonchev–Trinajstić information content (AvgIpc) is 2.98. The third kappa shape index (κ3) is 2.25. The molecule has 1 aromatic carbocycles. The van der Waals surface area contributed by atoms with E-state index in [0.29, 0.717) is 24.4 Å². The first-order valence-electron chi connectivity index (χ1n) is 7.53. The van der Waals surface area contributed by atoms with Gasteiger partial charge in [-0.3, -0.25) is 4.90 Å². The monoisotopic (exact) mass is 289 g/mol. The number of amides is 1. The standard InChI is InChI=1S/C16H23N3O2/c1-5-17(2)16(20)21-11-6-7-14-13(10-11)12-8-9-18(3)15(12)19(14)4/h6-7,10,12,15H,5,8-9H2,1-4H3/t12?,15-/m1/s1. The van der Waals surface area contributed by atoms with Crippen molar-refractivity contribution in [3.63, 3.8) is 0 Å². The molecular weight excluding hydrogens is 266 g/mol. The molecule has 1 amide bonds. The van der Waals surface area contributed by atoms with Crippen molar-refractivity contribution in [2.24, 2.45) is 0 Å². The normalized spacial score (nSPS) is 23.9. The number of hydrogen-bond acceptors (Lipinski definition) is 4. The van der Waals surface area contributed by atoms with Gasteiger partial charge in [-0.25, -0.2) is 4.79 Å². The molecule has 2 aliphatic heterocycles. The summed E-state index contributed by atoms with van der Waals surface area (Å²) in [6.45, 7) is 3.68. The fourth-order valence-corrected chi connectivity index (χ4v) is 3.48. The molecular formula is C16H23N3O2. The molecule has 5 heteroatoms. The lowest BCUT2D eigenvalue weighted by molar-refractivity contribution is 0.165. The molecule has 0 bridgehead atoms. The van der Waals surface area contributed by atoms with E-state index in [1.807, 2.05) is 19.1 Å². The molecule has 0 aliphatic carbocycles. The highest BCUT2D eigenvalue weighted by molar-refractivity contribution is 5.71. The minimum Gasteiger partial charge on any atom is -0.410 e. The Morgan fingerprint density at radius 3 is 2.90 bits per heavy atom. The molecule has 1 aromatic rings. The van der Waals surface area contributed by atoms with Gasteiger partial charge in [0.25, 0.3) is 0 Å². The topological polar surface area (TPSA) is 36.0 Å². The van der Waals surface area contributed by atoms with Crippen LogP contribution in [0.2, 0.25) is 0 Å². The number of fused-ring (bicyclic) bond motifs is 3. The average molecular weight is 289 g/mol. The van der Waals surface area contributed by atoms with Crippen LogP contribution in [-0.2, 0) is 0 Å². The summed E-state index contributed by atoms with van der Waals surface area (Å²) in [5.74, 6) is 1.15. The fraction of sp³-hybridized carbons (Fsp3) is 0.562. The molecule has 114 valence electrons. The number of likely N-dealkylation sites (tertiary alicyclic amines) is 1. The van der Waals surface area contributed by atoms with Gasteiger partial charge in [-0.15, -0.1) is 0 Å². The fourth-order valence-electron chi connectivity index (χ4n) is 3.48. The second-order valence-electron chi connectivity index (χ2n) is 6.00. The molecule has 21 heavy (non-hydrogen) atoms. The zero-order chi connectivity index (χ0) is 15.1. The maximum absolute atomic E-state index is 11.9. The maximum Gasteiger partial charge on any atom is 0.414 e. The predicted octanol–water partition coefficient (Wildman–Crippen LogP) is 2.33. The number of carbonyl (C=O) groups is 1. The first-order chi connectivity index (χ1) is 10.0. The van der Waals surface area contributed by atoms with Crippen molar-refractivity contribution in [1.29, 1.82) is 0 Å². The Labute approximate surface area is 126 Å². The second kappa shape index (κ2) is 5.22. The summed E-state index contributed by atoms with van der Waals surface area (Å²) in [6.07, 6.45) is 1.29. The third-order valence-electron chi connectivity index (χ3n) is 4.77. The van der Waals surface area contributed by atoms with E-state index >= 15 is 0 Å². The number of ether oxygens (including phenoxy) is 1. The lowest BCUT2D eigenvalue weighted by Crippen LogP contribution is -2.39. The number of hydrogen-bond donors (Lipinski definition) is 0. The highest BCUT2D eigenvalue weighted by atomic mass is 16.6. The summed E-state index contributed by atoms with van der Waals surface area (Å²) in [5.41, 5.74) is 2.55. The molecule has 1 fully saturated rings. The quantitative estimate of drug-likeness (QED) is 0.837. The van der Waals surface area contributed by atoms with Crippen LogP contribution in [0.1, 0.15) is 24.8 Å². The highest BCUT2D eigenvalue weighted by Gasteiger charge is 2.43. The van der Waals surface area contributed by atoms with Gasteiger partial charge in [0, 0.05) is 38.8 Å². The van der Waals surface area contributed by atoms with Gasteiger partial charge in [-0.1, -0.05) is 0 Å². The van der Waals surface area contributed by atoms with Gasteiger partial charge in [-0.2, -0.15) is 0 Å². The number of nitrogens with zero attached hydrogens (tertiary/aromatic N) is 3. The molecule has 0 aromatic heterocycles. The number of likely N-dealkylation sites (N-methyl/N-ethyl adjacent to an activating group) is 2. The minimum absolute atomic E-state index is 0.302. The van der Waals surface area contributed by atoms with Crippen molar-refractivity contribution in [1.82, 2.24) is 9.80 Å². The zero-order valence-electron chi connectivity index (χ0n) is 13.2. The Bertz CT molecular complexity index is 560. The van der Waals surface area contributed by atoms with Gasteiger partial charge in [0.1, 0.15) is 5.75 Å². The summed E-state index contributed by atoms with van der Waals surface area (Å²) in [7, 11) is 6.05. The zero-order valence-corrected chi connectivity index (χ0v) is 13.2. The van der Waals surface area contributed by atoms with Crippen molar-refractivity contribution in [2.75, 3.05) is 39.1 Å². The van der Waals surface area contributed by atoms with Crippen LogP contribution in [0, 0.1) is 0 Å². The maximum atomic E-state index is 11.9. The summed E-state index contributed by atoms with van der Waals surface area (Å²) in [5, 5.41) is 0. The first kappa shape index (κ1) is 14.2. The molecule has 2 aliphatic rings. The Morgan fingerprint density at radius 1 is 1.43 bits per heavy atom. The number of benzene rings is 1. The van der Waals surface area contributed by atoms with Crippen LogP contribution in [0.15, 0.2) is 18.2 Å². The number of anilines is 1. The smallest absolute Gasteiger partial charge is 0.410 e. The molecule has 3 rings (SSSR count). The van der Waals surface area contributed by atoms with E-state index in [0.717, 1.165) is 13.0 Å². The first-order valence-corrected chi connectivity index (χ1v) is 7.53. The van der Waals surface area contributed by atoms with Crippen LogP contribution in [-0.4, -0.2) is 56.3 Å². The molecule has 0 spiro atoms. The van der Waals surface area contributed by atoms with Crippen LogP contribution >= 0.6 is 0 Å². The van der Waals surface area contributed by atoms with Crippen molar-refractivity contribution < 1.29 is 9.53 Å². The van der Waals surface area contributed by atoms with Gasteiger partial charge in [0.05, 0.1) is 6.17 Å². The number of rotatable bonds is 2. The van der Waals surface area contributed by atoms with Gasteiger partial charge >= 0.3 is 6.09 Å². The number of carbonyl (C=O) groups excluding carboxylic acids is 1. The summed E-state index contributed by atoms with van der Waals surface area (Å²) >= 11 is 0. The molecule has 0 saturated carbocycles. The van der Waals surface area contributed by atoms with Gasteiger partial charge in [0.15, 0.2) is 0 Å². The van der Waals surface area contributed by atoms with Crippen molar-refractivity contribution >= 4 is 11.8 Å². The largest absolute Gasteiger partial charge is 0.414 e. The molecule has 1 saturated heterocycles. The Morgan fingerprint density at radius 2 is 2.19 bits per heavy atom. The Hall–Kier alpha value is -1.75. The van der Waals surface area contributed by atoms with Gasteiger partial charge in [-0.05, 0) is 44.2 Å². The van der Waals surface area contributed by atoms with E-state index in [1.54, 1.807) is 11.9 Å². The van der Waals surface area contributed by atoms with E-state index in [4.69, 9.17) is 4.74 Å². The SMILES string of the molecule is CCN(C)C(=O)Oc1ccc2c(c1)C1CCN(C)[C@@H]1N2C. The molecule has 2 heterocycles. The van der Waals surface area contributed by atoms with Crippen LogP contribution in [0.5, 0.6) is 5.75 Å². The summed E-state index contributed by atoms with van der Waals surface area (Å²) in [6, 6.07) is 5.99. The lowest BCUT2D eigenvalue weighted by atomic mass is 9.98. The third-order valence-corrected chi connectivity index (χ3v) is 4.77. The highest BCUT2D eigenvalue weighted by Crippen LogP contribution is 2.47. The van der Waals surface area contributed by atoms with E-state index in [2.05, 4.69) is 30.0 Å². The second-order valence-corrected chi connectivity index (χ2v) is 6.00. The molecule has 2 atom stereocenters. The van der Waals surface area contributed by atoms with Crippen molar-refractivity contribution in [2.45, 2.75) is 25.4 Å². The predicted molar refractivity (Wildman–Crippen MR) is 82.9 cm³/mol. The van der Waals surface area contributed by atoms with Crippen molar-refractivity contribution in [3.05, 3.63) is 23.8 Å². The molecule has 5 nitrogen and oxygen atoms in total. The van der Waals surface area contributed by atoms with Crippen LogP contribution < -0.4 is 9.64 Å². The summed E-state index contributed by atoms with van der Waals surface area (Å²) < 4.78 is 5.46. The van der Waals surface area contributed by atoms with E-state index < -0.39 is 0 Å². The molecule has 1 unspecified atom stereocenters. The minimum atomic E-state index is -0.302. The Kier molecular flexibility index (Phi) is 3.53. The van der Waals surface area contributed by atoms with Crippen LogP contribution in [0.3, 0.4) is 0 Å².